The van der Waals surface area contributed by atoms with Gasteiger partial charge in [0.05, 0.1) is 17.8 Å². The lowest BCUT2D eigenvalue weighted by atomic mass is 9.96. The van der Waals surface area contributed by atoms with Gasteiger partial charge in [-0.05, 0) is 37.6 Å². The summed E-state index contributed by atoms with van der Waals surface area (Å²) in [6.45, 7) is 1.05. The highest BCUT2D eigenvalue weighted by molar-refractivity contribution is 5.88. The number of ether oxygens (including phenoxy) is 1. The van der Waals surface area contributed by atoms with Crippen LogP contribution in [-0.2, 0) is 0 Å². The zero-order valence-electron chi connectivity index (χ0n) is 15.8. The number of hydrogen-bond donors (Lipinski definition) is 2. The number of rotatable bonds is 5. The highest BCUT2D eigenvalue weighted by Crippen LogP contribution is 2.30. The maximum atomic E-state index is 15.0. The molecule has 0 saturated carbocycles. The maximum absolute atomic E-state index is 15.0. The van der Waals surface area contributed by atoms with Crippen LogP contribution in [0.3, 0.4) is 0 Å². The Balaban J connectivity index is 1.67. The van der Waals surface area contributed by atoms with Crippen LogP contribution in [0, 0.1) is 0 Å². The largest absolute Gasteiger partial charge is 0.573 e. The van der Waals surface area contributed by atoms with Crippen molar-refractivity contribution in [3.8, 4) is 17.0 Å². The van der Waals surface area contributed by atoms with E-state index in [4.69, 9.17) is 0 Å². The fourth-order valence-corrected chi connectivity index (χ4v) is 3.42. The summed E-state index contributed by atoms with van der Waals surface area (Å²) >= 11 is 0. The molecule has 6 nitrogen and oxygen atoms in total. The first-order valence-corrected chi connectivity index (χ1v) is 9.43. The summed E-state index contributed by atoms with van der Waals surface area (Å²) < 4.78 is 56.6. The molecule has 1 aromatic carbocycles. The Bertz CT molecular complexity index is 1040. The first-order valence-electron chi connectivity index (χ1n) is 9.43. The van der Waals surface area contributed by atoms with Gasteiger partial charge in [-0.25, -0.2) is 14.4 Å². The van der Waals surface area contributed by atoms with E-state index in [9.17, 15) is 17.6 Å². The maximum Gasteiger partial charge on any atom is 0.573 e. The van der Waals surface area contributed by atoms with Crippen LogP contribution in [0.25, 0.3) is 22.3 Å². The van der Waals surface area contributed by atoms with Gasteiger partial charge in [0.25, 0.3) is 0 Å². The van der Waals surface area contributed by atoms with Gasteiger partial charge >= 0.3 is 6.36 Å². The molecule has 0 aliphatic carbocycles. The van der Waals surface area contributed by atoms with Gasteiger partial charge in [0.15, 0.2) is 5.82 Å². The Morgan fingerprint density at radius 2 is 2.00 bits per heavy atom. The third kappa shape index (κ3) is 4.76. The molecular weight excluding hydrogens is 402 g/mol. The van der Waals surface area contributed by atoms with E-state index in [1.807, 2.05) is 0 Å². The summed E-state index contributed by atoms with van der Waals surface area (Å²) in [6, 6.07) is 7.12. The van der Waals surface area contributed by atoms with Crippen molar-refractivity contribution in [2.45, 2.75) is 24.9 Å². The number of nitrogens with one attached hydrogen (secondary N) is 2. The molecule has 2 N–H and O–H groups in total. The lowest BCUT2D eigenvalue weighted by Gasteiger charge is -2.30. The molecule has 3 heterocycles. The molecule has 0 amide bonds. The van der Waals surface area contributed by atoms with Crippen LogP contribution >= 0.6 is 0 Å². The van der Waals surface area contributed by atoms with Crippen molar-refractivity contribution >= 4 is 16.9 Å². The van der Waals surface area contributed by atoms with E-state index in [0.29, 0.717) is 34.5 Å². The summed E-state index contributed by atoms with van der Waals surface area (Å²) in [4.78, 5) is 13.0. The number of alkyl halides is 4. The predicted octanol–water partition coefficient (Wildman–Crippen LogP) is 4.09. The third-order valence-corrected chi connectivity index (χ3v) is 4.81. The second kappa shape index (κ2) is 8.02. The molecule has 4 rings (SSSR count). The lowest BCUT2D eigenvalue weighted by Crippen LogP contribution is -2.46. The van der Waals surface area contributed by atoms with Crippen LogP contribution in [-0.4, -0.2) is 46.6 Å². The number of benzene rings is 1. The molecule has 1 unspecified atom stereocenters. The monoisotopic (exact) mass is 421 g/mol. The Morgan fingerprint density at radius 3 is 2.77 bits per heavy atom. The molecule has 1 fully saturated rings. The minimum atomic E-state index is -4.79. The number of aromatic nitrogens is 3. The van der Waals surface area contributed by atoms with Crippen LogP contribution in [0.2, 0.25) is 0 Å². The normalized spacial score (nSPS) is 19.6. The summed E-state index contributed by atoms with van der Waals surface area (Å²) in [5.74, 6) is -0.0353. The van der Waals surface area contributed by atoms with Crippen molar-refractivity contribution in [2.24, 2.45) is 0 Å². The van der Waals surface area contributed by atoms with Crippen LogP contribution in [0.5, 0.6) is 5.75 Å². The van der Waals surface area contributed by atoms with Gasteiger partial charge in [-0.3, -0.25) is 4.98 Å². The Hall–Kier alpha value is -3.01. The molecule has 0 bridgehead atoms. The predicted molar refractivity (Wildman–Crippen MR) is 104 cm³/mol. The van der Waals surface area contributed by atoms with Crippen molar-refractivity contribution in [3.63, 3.8) is 0 Å². The van der Waals surface area contributed by atoms with Gasteiger partial charge in [-0.1, -0.05) is 12.1 Å². The number of pyridine rings is 1. The van der Waals surface area contributed by atoms with Crippen molar-refractivity contribution in [3.05, 3.63) is 42.7 Å². The van der Waals surface area contributed by atoms with Gasteiger partial charge in [0, 0.05) is 24.5 Å². The fraction of sp³-hybridized carbons (Fsp3) is 0.350. The van der Waals surface area contributed by atoms with Crippen LogP contribution < -0.4 is 15.4 Å². The Labute approximate surface area is 169 Å². The average Bonchev–Trinajstić information content (AvgIpc) is 2.71. The van der Waals surface area contributed by atoms with E-state index in [-0.39, 0.29) is 18.8 Å². The van der Waals surface area contributed by atoms with E-state index in [0.717, 1.165) is 13.0 Å². The first-order chi connectivity index (χ1) is 14.3. The fourth-order valence-electron chi connectivity index (χ4n) is 3.42. The van der Waals surface area contributed by atoms with Gasteiger partial charge in [0.1, 0.15) is 16.9 Å². The van der Waals surface area contributed by atoms with Crippen molar-refractivity contribution < 1.29 is 22.3 Å². The SMILES string of the molecule is FC1(CNc2nc(-c3cccc(OC(F)(F)F)c3)cc3nccnc23)CCCNC1. The zero-order valence-corrected chi connectivity index (χ0v) is 15.8. The van der Waals surface area contributed by atoms with E-state index >= 15 is 0 Å². The second-order valence-electron chi connectivity index (χ2n) is 7.14. The van der Waals surface area contributed by atoms with Crippen molar-refractivity contribution in [2.75, 3.05) is 25.0 Å². The quantitative estimate of drug-likeness (QED) is 0.605. The molecule has 2 aromatic heterocycles. The van der Waals surface area contributed by atoms with E-state index in [1.165, 1.54) is 30.6 Å². The Morgan fingerprint density at radius 1 is 1.17 bits per heavy atom. The van der Waals surface area contributed by atoms with Crippen LogP contribution in [0.15, 0.2) is 42.7 Å². The molecule has 158 valence electrons. The van der Waals surface area contributed by atoms with Crippen LogP contribution in [0.4, 0.5) is 23.4 Å². The van der Waals surface area contributed by atoms with Crippen LogP contribution in [0.1, 0.15) is 12.8 Å². The minimum Gasteiger partial charge on any atom is -0.406 e. The van der Waals surface area contributed by atoms with Gasteiger partial charge < -0.3 is 15.4 Å². The molecular formula is C20H19F4N5O. The minimum absolute atomic E-state index is 0.0271. The number of fused-ring (bicyclic) bond motifs is 1. The second-order valence-corrected chi connectivity index (χ2v) is 7.14. The number of piperidine rings is 1. The smallest absolute Gasteiger partial charge is 0.406 e. The molecule has 10 heteroatoms. The number of halogens is 4. The number of anilines is 1. The zero-order chi connectivity index (χ0) is 21.2. The number of hydrogen-bond acceptors (Lipinski definition) is 6. The van der Waals surface area contributed by atoms with Gasteiger partial charge in [0.2, 0.25) is 0 Å². The van der Waals surface area contributed by atoms with Gasteiger partial charge in [-0.2, -0.15) is 0 Å². The first kappa shape index (κ1) is 20.3. The van der Waals surface area contributed by atoms with E-state index in [2.05, 4.69) is 30.3 Å². The van der Waals surface area contributed by atoms with E-state index in [1.54, 1.807) is 12.1 Å². The molecule has 1 aliphatic heterocycles. The van der Waals surface area contributed by atoms with Crippen molar-refractivity contribution in [1.29, 1.82) is 0 Å². The average molecular weight is 421 g/mol. The number of nitrogens with zero attached hydrogens (tertiary/aromatic N) is 3. The molecule has 0 radical (unpaired) electrons. The molecule has 3 aromatic rings. The third-order valence-electron chi connectivity index (χ3n) is 4.81. The lowest BCUT2D eigenvalue weighted by molar-refractivity contribution is -0.274. The van der Waals surface area contributed by atoms with E-state index < -0.39 is 12.0 Å². The summed E-state index contributed by atoms with van der Waals surface area (Å²) in [6.07, 6.45) is -0.636. The summed E-state index contributed by atoms with van der Waals surface area (Å²) in [5, 5.41) is 6.06. The van der Waals surface area contributed by atoms with Gasteiger partial charge in [-0.15, -0.1) is 13.2 Å². The molecule has 1 saturated heterocycles. The molecule has 0 spiro atoms. The molecule has 30 heavy (non-hydrogen) atoms. The topological polar surface area (TPSA) is 72.0 Å². The van der Waals surface area contributed by atoms with Crippen molar-refractivity contribution in [1.82, 2.24) is 20.3 Å². The summed E-state index contributed by atoms with van der Waals surface area (Å²) in [7, 11) is 0. The highest BCUT2D eigenvalue weighted by Gasteiger charge is 2.32. The molecule has 1 atom stereocenters. The summed E-state index contributed by atoms with van der Waals surface area (Å²) in [5.41, 5.74) is 0.290. The standard InChI is InChI=1S/C20H19F4N5O/c21-19(5-2-6-25-11-19)12-28-18-17-16(26-7-8-27-17)10-15(29-18)13-3-1-4-14(9-13)30-20(22,23)24/h1,3-4,7-10,25H,2,5-6,11-12H2,(H,28,29). The molecule has 1 aliphatic rings. The Kier molecular flexibility index (Phi) is 5.42. The highest BCUT2D eigenvalue weighted by atomic mass is 19.4.